The van der Waals surface area contributed by atoms with Crippen molar-refractivity contribution >= 4 is 18.0 Å². The Morgan fingerprint density at radius 3 is 2.69 bits per heavy atom. The molecule has 5 heteroatoms. The SMILES string of the molecule is COC(=O)C=Cc1cnc(N)nc1. The summed E-state index contributed by atoms with van der Waals surface area (Å²) in [6, 6.07) is 0. The highest BCUT2D eigenvalue weighted by atomic mass is 16.5. The molecule has 2 N–H and O–H groups in total. The minimum Gasteiger partial charge on any atom is -0.466 e. The molecule has 0 unspecified atom stereocenters. The van der Waals surface area contributed by atoms with Gasteiger partial charge in [-0.25, -0.2) is 14.8 Å². The molecule has 1 heterocycles. The standard InChI is InChI=1S/C8H9N3O2/c1-13-7(12)3-2-6-4-10-8(9)11-5-6/h2-5H,1H3,(H2,9,10,11). The van der Waals surface area contributed by atoms with Crippen LogP contribution < -0.4 is 5.73 Å². The van der Waals surface area contributed by atoms with Crippen LogP contribution in [0.5, 0.6) is 0 Å². The Morgan fingerprint density at radius 2 is 2.15 bits per heavy atom. The summed E-state index contributed by atoms with van der Waals surface area (Å²) < 4.78 is 4.40. The summed E-state index contributed by atoms with van der Waals surface area (Å²) in [7, 11) is 1.31. The fourth-order valence-electron chi connectivity index (χ4n) is 0.666. The summed E-state index contributed by atoms with van der Waals surface area (Å²) >= 11 is 0. The molecule has 0 aliphatic heterocycles. The number of nitrogens with two attached hydrogens (primary N) is 1. The van der Waals surface area contributed by atoms with Gasteiger partial charge in [-0.15, -0.1) is 0 Å². The third-order valence-corrected chi connectivity index (χ3v) is 1.30. The molecule has 0 aromatic carbocycles. The molecule has 0 saturated carbocycles. The van der Waals surface area contributed by atoms with Gasteiger partial charge in [0.05, 0.1) is 7.11 Å². The normalized spacial score (nSPS) is 10.2. The molecule has 0 bridgehead atoms. The minimum absolute atomic E-state index is 0.204. The molecule has 0 atom stereocenters. The molecule has 1 aromatic heterocycles. The van der Waals surface area contributed by atoms with Gasteiger partial charge in [0.1, 0.15) is 0 Å². The average molecular weight is 179 g/mol. The number of hydrogen-bond acceptors (Lipinski definition) is 5. The van der Waals surface area contributed by atoms with Gasteiger partial charge < -0.3 is 10.5 Å². The van der Waals surface area contributed by atoms with E-state index in [2.05, 4.69) is 14.7 Å². The number of esters is 1. The molecule has 68 valence electrons. The summed E-state index contributed by atoms with van der Waals surface area (Å²) in [5.74, 6) is -0.216. The Morgan fingerprint density at radius 1 is 1.54 bits per heavy atom. The molecule has 1 rings (SSSR count). The van der Waals surface area contributed by atoms with Crippen molar-refractivity contribution in [2.45, 2.75) is 0 Å². The number of hydrogen-bond donors (Lipinski definition) is 1. The summed E-state index contributed by atoms with van der Waals surface area (Å²) in [6.07, 6.45) is 5.86. The summed E-state index contributed by atoms with van der Waals surface area (Å²) in [6.45, 7) is 0. The van der Waals surface area contributed by atoms with Gasteiger partial charge in [-0.2, -0.15) is 0 Å². The second-order valence-electron chi connectivity index (χ2n) is 2.23. The van der Waals surface area contributed by atoms with E-state index in [9.17, 15) is 4.79 Å². The first-order valence-electron chi connectivity index (χ1n) is 3.56. The smallest absolute Gasteiger partial charge is 0.330 e. The molecule has 0 saturated heterocycles. The van der Waals surface area contributed by atoms with Gasteiger partial charge >= 0.3 is 5.97 Å². The van der Waals surface area contributed by atoms with Crippen molar-refractivity contribution in [1.82, 2.24) is 9.97 Å². The number of ether oxygens (including phenoxy) is 1. The van der Waals surface area contributed by atoms with E-state index in [0.29, 0.717) is 5.56 Å². The van der Waals surface area contributed by atoms with E-state index < -0.39 is 5.97 Å². The van der Waals surface area contributed by atoms with Crippen LogP contribution in [0.3, 0.4) is 0 Å². The molecule has 0 radical (unpaired) electrons. The van der Waals surface area contributed by atoms with E-state index in [-0.39, 0.29) is 5.95 Å². The molecule has 0 fully saturated rings. The van der Waals surface area contributed by atoms with Crippen LogP contribution in [0.15, 0.2) is 18.5 Å². The number of nitrogen functional groups attached to an aromatic ring is 1. The first-order chi connectivity index (χ1) is 6.22. The zero-order valence-corrected chi connectivity index (χ0v) is 7.10. The third kappa shape index (κ3) is 2.90. The Kier molecular flexibility index (Phi) is 2.97. The molecule has 5 nitrogen and oxygen atoms in total. The average Bonchev–Trinajstić information content (AvgIpc) is 2.16. The number of nitrogens with zero attached hydrogens (tertiary/aromatic N) is 2. The van der Waals surface area contributed by atoms with Crippen LogP contribution in [0.4, 0.5) is 5.95 Å². The number of methoxy groups -OCH3 is 1. The van der Waals surface area contributed by atoms with Crippen molar-refractivity contribution in [3.05, 3.63) is 24.0 Å². The number of anilines is 1. The zero-order chi connectivity index (χ0) is 9.68. The highest BCUT2D eigenvalue weighted by Crippen LogP contribution is 1.99. The fourth-order valence-corrected chi connectivity index (χ4v) is 0.666. The first kappa shape index (κ1) is 9.18. The monoisotopic (exact) mass is 179 g/mol. The van der Waals surface area contributed by atoms with Crippen LogP contribution in [-0.4, -0.2) is 23.0 Å². The highest BCUT2D eigenvalue weighted by molar-refractivity contribution is 5.86. The van der Waals surface area contributed by atoms with Gasteiger partial charge in [-0.3, -0.25) is 0 Å². The van der Waals surface area contributed by atoms with Crippen LogP contribution in [0.1, 0.15) is 5.56 Å². The van der Waals surface area contributed by atoms with E-state index >= 15 is 0 Å². The molecule has 0 aliphatic rings. The minimum atomic E-state index is -0.420. The highest BCUT2D eigenvalue weighted by Gasteiger charge is 1.92. The van der Waals surface area contributed by atoms with E-state index in [1.165, 1.54) is 25.6 Å². The van der Waals surface area contributed by atoms with Crippen LogP contribution in [0.25, 0.3) is 6.08 Å². The van der Waals surface area contributed by atoms with Gasteiger partial charge in [0.25, 0.3) is 0 Å². The van der Waals surface area contributed by atoms with Gasteiger partial charge in [-0.1, -0.05) is 0 Å². The van der Waals surface area contributed by atoms with Crippen LogP contribution in [-0.2, 0) is 9.53 Å². The molecule has 1 aromatic rings. The third-order valence-electron chi connectivity index (χ3n) is 1.30. The predicted octanol–water partition coefficient (Wildman–Crippen LogP) is 0.245. The molecule has 13 heavy (non-hydrogen) atoms. The Bertz CT molecular complexity index is 319. The van der Waals surface area contributed by atoms with Gasteiger partial charge in [0.15, 0.2) is 0 Å². The van der Waals surface area contributed by atoms with E-state index in [1.807, 2.05) is 0 Å². The summed E-state index contributed by atoms with van der Waals surface area (Å²) in [5.41, 5.74) is 5.96. The van der Waals surface area contributed by atoms with Crippen molar-refractivity contribution in [1.29, 1.82) is 0 Å². The Hall–Kier alpha value is -1.91. The number of aromatic nitrogens is 2. The van der Waals surface area contributed by atoms with Crippen molar-refractivity contribution < 1.29 is 9.53 Å². The maximum atomic E-state index is 10.7. The first-order valence-corrected chi connectivity index (χ1v) is 3.56. The lowest BCUT2D eigenvalue weighted by Crippen LogP contribution is -1.95. The molecule has 0 amide bonds. The van der Waals surface area contributed by atoms with E-state index in [4.69, 9.17) is 5.73 Å². The Balaban J connectivity index is 2.69. The van der Waals surface area contributed by atoms with Gasteiger partial charge in [0, 0.05) is 24.0 Å². The second-order valence-corrected chi connectivity index (χ2v) is 2.23. The zero-order valence-electron chi connectivity index (χ0n) is 7.10. The maximum Gasteiger partial charge on any atom is 0.330 e. The van der Waals surface area contributed by atoms with Gasteiger partial charge in [-0.05, 0) is 6.08 Å². The molecule has 0 aliphatic carbocycles. The van der Waals surface area contributed by atoms with E-state index in [1.54, 1.807) is 6.08 Å². The van der Waals surface area contributed by atoms with Crippen molar-refractivity contribution in [3.63, 3.8) is 0 Å². The lowest BCUT2D eigenvalue weighted by atomic mass is 10.3. The lowest BCUT2D eigenvalue weighted by Gasteiger charge is -1.92. The number of rotatable bonds is 2. The fraction of sp³-hybridized carbons (Fsp3) is 0.125. The summed E-state index contributed by atoms with van der Waals surface area (Å²) in [5, 5.41) is 0. The topological polar surface area (TPSA) is 78.1 Å². The maximum absolute atomic E-state index is 10.7. The van der Waals surface area contributed by atoms with Crippen LogP contribution in [0, 0.1) is 0 Å². The van der Waals surface area contributed by atoms with Crippen LogP contribution in [0.2, 0.25) is 0 Å². The Labute approximate surface area is 75.3 Å². The number of carbonyl (C=O) groups excluding carboxylic acids is 1. The molecular weight excluding hydrogens is 170 g/mol. The van der Waals surface area contributed by atoms with E-state index in [0.717, 1.165) is 0 Å². The van der Waals surface area contributed by atoms with Gasteiger partial charge in [0.2, 0.25) is 5.95 Å². The largest absolute Gasteiger partial charge is 0.466 e. The summed E-state index contributed by atoms with van der Waals surface area (Å²) in [4.78, 5) is 18.2. The van der Waals surface area contributed by atoms with Crippen molar-refractivity contribution in [3.8, 4) is 0 Å². The number of carbonyl (C=O) groups is 1. The van der Waals surface area contributed by atoms with Crippen molar-refractivity contribution in [2.24, 2.45) is 0 Å². The quantitative estimate of drug-likeness (QED) is 0.520. The molecular formula is C8H9N3O2. The molecule has 0 spiro atoms. The van der Waals surface area contributed by atoms with Crippen molar-refractivity contribution in [2.75, 3.05) is 12.8 Å². The second kappa shape index (κ2) is 4.20. The van der Waals surface area contributed by atoms with Crippen LogP contribution >= 0.6 is 0 Å². The lowest BCUT2D eigenvalue weighted by molar-refractivity contribution is -0.134. The predicted molar refractivity (Wildman–Crippen MR) is 47.5 cm³/mol.